The van der Waals surface area contributed by atoms with Gasteiger partial charge in [-0.25, -0.2) is 4.79 Å². The molecule has 1 unspecified atom stereocenters. The number of benzene rings is 1. The summed E-state index contributed by atoms with van der Waals surface area (Å²) in [5, 5.41) is 12.9. The molecule has 0 aliphatic carbocycles. The number of aromatic nitrogens is 2. The van der Waals surface area contributed by atoms with Gasteiger partial charge in [-0.2, -0.15) is 5.10 Å². The van der Waals surface area contributed by atoms with Crippen LogP contribution < -0.4 is 10.6 Å². The van der Waals surface area contributed by atoms with E-state index in [1.807, 2.05) is 38.7 Å². The topological polar surface area (TPSA) is 90.1 Å². The van der Waals surface area contributed by atoms with Crippen LogP contribution in [0.1, 0.15) is 58.7 Å². The van der Waals surface area contributed by atoms with Gasteiger partial charge in [-0.05, 0) is 64.3 Å². The summed E-state index contributed by atoms with van der Waals surface area (Å²) >= 11 is 0. The molecular formula is C20H27N5O2. The summed E-state index contributed by atoms with van der Waals surface area (Å²) in [6.45, 7) is 9.32. The lowest BCUT2D eigenvalue weighted by Gasteiger charge is -2.18. The maximum absolute atomic E-state index is 12.5. The molecule has 0 saturated carbocycles. The number of carbonyl (C=O) groups excluding carboxylic acids is 2. The molecule has 144 valence electrons. The maximum Gasteiger partial charge on any atom is 0.319 e. The molecule has 1 aromatic heterocycles. The number of rotatable bonds is 4. The van der Waals surface area contributed by atoms with Crippen LogP contribution in [-0.2, 0) is 0 Å². The van der Waals surface area contributed by atoms with Gasteiger partial charge in [0.1, 0.15) is 0 Å². The van der Waals surface area contributed by atoms with Gasteiger partial charge in [0.05, 0.1) is 11.7 Å². The van der Waals surface area contributed by atoms with Crippen molar-refractivity contribution in [3.8, 4) is 0 Å². The van der Waals surface area contributed by atoms with Crippen LogP contribution in [-0.4, -0.2) is 40.1 Å². The molecule has 1 aliphatic heterocycles. The highest BCUT2D eigenvalue weighted by Crippen LogP contribution is 2.21. The van der Waals surface area contributed by atoms with E-state index in [2.05, 4.69) is 20.8 Å². The highest BCUT2D eigenvalue weighted by atomic mass is 16.2. The third-order valence-corrected chi connectivity index (χ3v) is 5.08. The minimum Gasteiger partial charge on any atom is -0.339 e. The molecular weight excluding hydrogens is 342 g/mol. The molecule has 0 spiro atoms. The van der Waals surface area contributed by atoms with Crippen LogP contribution in [0.5, 0.6) is 0 Å². The molecule has 1 aromatic carbocycles. The van der Waals surface area contributed by atoms with Gasteiger partial charge in [-0.1, -0.05) is 0 Å². The fourth-order valence-corrected chi connectivity index (χ4v) is 3.66. The second-order valence-electron chi connectivity index (χ2n) is 7.20. The molecule has 0 bridgehead atoms. The van der Waals surface area contributed by atoms with Gasteiger partial charge in [0, 0.05) is 35.6 Å². The molecule has 3 rings (SSSR count). The largest absolute Gasteiger partial charge is 0.339 e. The summed E-state index contributed by atoms with van der Waals surface area (Å²) in [6.07, 6.45) is 2.14. The van der Waals surface area contributed by atoms with Crippen molar-refractivity contribution < 1.29 is 9.59 Å². The van der Waals surface area contributed by atoms with Gasteiger partial charge < -0.3 is 15.5 Å². The highest BCUT2D eigenvalue weighted by molar-refractivity contribution is 5.96. The summed E-state index contributed by atoms with van der Waals surface area (Å²) in [5.41, 5.74) is 5.03. The summed E-state index contributed by atoms with van der Waals surface area (Å²) < 4.78 is 0. The molecule has 3 N–H and O–H groups in total. The van der Waals surface area contributed by atoms with Gasteiger partial charge >= 0.3 is 6.03 Å². The first-order chi connectivity index (χ1) is 12.9. The van der Waals surface area contributed by atoms with Crippen molar-refractivity contribution in [3.05, 3.63) is 46.3 Å². The number of aromatic amines is 1. The van der Waals surface area contributed by atoms with E-state index in [-0.39, 0.29) is 18.0 Å². The van der Waals surface area contributed by atoms with Crippen LogP contribution in [0.4, 0.5) is 10.5 Å². The predicted octanol–water partition coefficient (Wildman–Crippen LogP) is 3.45. The number of anilines is 1. The molecule has 3 amide bonds. The van der Waals surface area contributed by atoms with Gasteiger partial charge in [-0.15, -0.1) is 0 Å². The second kappa shape index (κ2) is 7.82. The van der Waals surface area contributed by atoms with Crippen molar-refractivity contribution >= 4 is 17.6 Å². The minimum atomic E-state index is -0.288. The molecule has 2 aromatic rings. The third-order valence-electron chi connectivity index (χ3n) is 5.08. The van der Waals surface area contributed by atoms with Crippen molar-refractivity contribution in [2.45, 2.75) is 46.6 Å². The first-order valence-corrected chi connectivity index (χ1v) is 9.35. The van der Waals surface area contributed by atoms with E-state index in [1.54, 1.807) is 12.1 Å². The third kappa shape index (κ3) is 4.13. The van der Waals surface area contributed by atoms with E-state index in [9.17, 15) is 9.59 Å². The number of likely N-dealkylation sites (tertiary alicyclic amines) is 1. The van der Waals surface area contributed by atoms with Gasteiger partial charge in [0.15, 0.2) is 0 Å². The zero-order chi connectivity index (χ0) is 19.6. The molecule has 0 radical (unpaired) electrons. The van der Waals surface area contributed by atoms with Crippen molar-refractivity contribution in [2.24, 2.45) is 0 Å². The Morgan fingerprint density at radius 3 is 2.48 bits per heavy atom. The standard InChI is InChI=1S/C20H27N5O2/c1-12-11-16(19(26)25-9-5-6-10-25)7-8-17(12)22-20(27)21-13(2)18-14(3)23-24-15(18)4/h7-8,11,13H,5-6,9-10H2,1-4H3,(H,23,24)(H2,21,22,27). The van der Waals surface area contributed by atoms with Gasteiger partial charge in [-0.3, -0.25) is 9.89 Å². The fraction of sp³-hybridized carbons (Fsp3) is 0.450. The second-order valence-corrected chi connectivity index (χ2v) is 7.20. The van der Waals surface area contributed by atoms with Crippen LogP contribution in [0.3, 0.4) is 0 Å². The zero-order valence-corrected chi connectivity index (χ0v) is 16.3. The minimum absolute atomic E-state index is 0.0612. The van der Waals surface area contributed by atoms with Gasteiger partial charge in [0.25, 0.3) is 5.91 Å². The maximum atomic E-state index is 12.5. The summed E-state index contributed by atoms with van der Waals surface area (Å²) in [5.74, 6) is 0.0612. The number of carbonyl (C=O) groups is 2. The monoisotopic (exact) mass is 369 g/mol. The summed E-state index contributed by atoms with van der Waals surface area (Å²) in [4.78, 5) is 26.8. The molecule has 1 fully saturated rings. The smallest absolute Gasteiger partial charge is 0.319 e. The zero-order valence-electron chi connectivity index (χ0n) is 16.3. The number of amides is 3. The Kier molecular flexibility index (Phi) is 5.48. The Hall–Kier alpha value is -2.83. The SMILES string of the molecule is Cc1cc(C(=O)N2CCCC2)ccc1NC(=O)NC(C)c1c(C)n[nH]c1C. The number of hydrogen-bond acceptors (Lipinski definition) is 3. The van der Waals surface area contributed by atoms with Crippen molar-refractivity contribution in [2.75, 3.05) is 18.4 Å². The van der Waals surface area contributed by atoms with E-state index in [4.69, 9.17) is 0 Å². The summed E-state index contributed by atoms with van der Waals surface area (Å²) in [7, 11) is 0. The molecule has 7 nitrogen and oxygen atoms in total. The Labute approximate surface area is 159 Å². The van der Waals surface area contributed by atoms with Gasteiger partial charge in [0.2, 0.25) is 0 Å². The normalized spacial score (nSPS) is 14.9. The van der Waals surface area contributed by atoms with Crippen molar-refractivity contribution in [3.63, 3.8) is 0 Å². The van der Waals surface area contributed by atoms with E-state index in [1.165, 1.54) is 0 Å². The molecule has 7 heteroatoms. The number of nitrogens with one attached hydrogen (secondary N) is 3. The van der Waals surface area contributed by atoms with Crippen LogP contribution in [0, 0.1) is 20.8 Å². The van der Waals surface area contributed by atoms with E-state index < -0.39 is 0 Å². The Bertz CT molecular complexity index is 833. The lowest BCUT2D eigenvalue weighted by Crippen LogP contribution is -2.32. The first-order valence-electron chi connectivity index (χ1n) is 9.35. The molecule has 1 atom stereocenters. The lowest BCUT2D eigenvalue weighted by atomic mass is 10.1. The predicted molar refractivity (Wildman–Crippen MR) is 105 cm³/mol. The number of aryl methyl sites for hydroxylation is 3. The first kappa shape index (κ1) is 18.9. The average molecular weight is 369 g/mol. The van der Waals surface area contributed by atoms with Crippen LogP contribution >= 0.6 is 0 Å². The number of hydrogen-bond donors (Lipinski definition) is 3. The molecule has 27 heavy (non-hydrogen) atoms. The average Bonchev–Trinajstić information content (AvgIpc) is 3.26. The highest BCUT2D eigenvalue weighted by Gasteiger charge is 2.20. The van der Waals surface area contributed by atoms with E-state index in [0.717, 1.165) is 48.4 Å². The molecule has 2 heterocycles. The van der Waals surface area contributed by atoms with Crippen molar-refractivity contribution in [1.29, 1.82) is 0 Å². The molecule has 1 aliphatic rings. The van der Waals surface area contributed by atoms with E-state index >= 15 is 0 Å². The van der Waals surface area contributed by atoms with Crippen LogP contribution in [0.2, 0.25) is 0 Å². The number of nitrogens with zero attached hydrogens (tertiary/aromatic N) is 2. The Morgan fingerprint density at radius 2 is 1.89 bits per heavy atom. The Morgan fingerprint density at radius 1 is 1.19 bits per heavy atom. The lowest BCUT2D eigenvalue weighted by molar-refractivity contribution is 0.0792. The Balaban J connectivity index is 1.65. The quantitative estimate of drug-likeness (QED) is 0.771. The van der Waals surface area contributed by atoms with Crippen LogP contribution in [0.25, 0.3) is 0 Å². The van der Waals surface area contributed by atoms with E-state index in [0.29, 0.717) is 11.3 Å². The number of urea groups is 1. The van der Waals surface area contributed by atoms with Crippen LogP contribution in [0.15, 0.2) is 18.2 Å². The fourth-order valence-electron chi connectivity index (χ4n) is 3.66. The summed E-state index contributed by atoms with van der Waals surface area (Å²) in [6, 6.07) is 4.95. The van der Waals surface area contributed by atoms with Crippen molar-refractivity contribution in [1.82, 2.24) is 20.4 Å². The molecule has 1 saturated heterocycles. The number of H-pyrrole nitrogens is 1.